The first-order chi connectivity index (χ1) is 12.0. The first kappa shape index (κ1) is 22.2. The van der Waals surface area contributed by atoms with Gasteiger partial charge in [0.05, 0.1) is 0 Å². The van der Waals surface area contributed by atoms with Crippen LogP contribution >= 0.6 is 24.0 Å². The molecule has 0 heterocycles. The van der Waals surface area contributed by atoms with E-state index in [0.29, 0.717) is 12.1 Å². The molecule has 0 bridgehead atoms. The fourth-order valence-corrected chi connectivity index (χ4v) is 2.51. The van der Waals surface area contributed by atoms with E-state index >= 15 is 0 Å². The Morgan fingerprint density at radius 1 is 1.04 bits per heavy atom. The highest BCUT2D eigenvalue weighted by Gasteiger charge is 2.02. The third kappa shape index (κ3) is 6.82. The highest BCUT2D eigenvalue weighted by molar-refractivity contribution is 14.0. The number of nitrogens with one attached hydrogen (secondary N) is 2. The number of hydrogen-bond donors (Lipinski definition) is 2. The molecular formula is C20H28FIN4. The molecule has 0 aromatic heterocycles. The van der Waals surface area contributed by atoms with Crippen LogP contribution in [0.25, 0.3) is 0 Å². The molecule has 0 spiro atoms. The van der Waals surface area contributed by atoms with E-state index in [0.717, 1.165) is 24.5 Å². The van der Waals surface area contributed by atoms with E-state index in [1.54, 1.807) is 20.0 Å². The van der Waals surface area contributed by atoms with Gasteiger partial charge in [-0.1, -0.05) is 24.3 Å². The summed E-state index contributed by atoms with van der Waals surface area (Å²) in [5.74, 6) is 0.568. The van der Waals surface area contributed by atoms with Crippen LogP contribution < -0.4 is 15.5 Å². The van der Waals surface area contributed by atoms with Crippen LogP contribution in [0, 0.1) is 12.7 Å². The molecule has 26 heavy (non-hydrogen) atoms. The minimum Gasteiger partial charge on any atom is -0.378 e. The minimum absolute atomic E-state index is 0. The molecule has 0 aliphatic carbocycles. The second-order valence-corrected chi connectivity index (χ2v) is 6.25. The summed E-state index contributed by atoms with van der Waals surface area (Å²) in [6, 6.07) is 13.7. The van der Waals surface area contributed by atoms with Crippen LogP contribution in [0.5, 0.6) is 0 Å². The van der Waals surface area contributed by atoms with Crippen LogP contribution in [0.3, 0.4) is 0 Å². The first-order valence-corrected chi connectivity index (χ1v) is 8.45. The topological polar surface area (TPSA) is 39.7 Å². The van der Waals surface area contributed by atoms with E-state index < -0.39 is 0 Å². The molecule has 142 valence electrons. The van der Waals surface area contributed by atoms with Gasteiger partial charge in [-0.3, -0.25) is 4.99 Å². The molecule has 2 N–H and O–H groups in total. The lowest BCUT2D eigenvalue weighted by atomic mass is 10.1. The maximum Gasteiger partial charge on any atom is 0.191 e. The van der Waals surface area contributed by atoms with Gasteiger partial charge in [0.15, 0.2) is 5.96 Å². The molecule has 0 aliphatic heterocycles. The number of benzene rings is 2. The maximum atomic E-state index is 13.3. The van der Waals surface area contributed by atoms with Crippen molar-refractivity contribution < 1.29 is 4.39 Å². The van der Waals surface area contributed by atoms with Crippen molar-refractivity contribution in [2.75, 3.05) is 32.6 Å². The average Bonchev–Trinajstić information content (AvgIpc) is 2.61. The van der Waals surface area contributed by atoms with E-state index in [4.69, 9.17) is 0 Å². The van der Waals surface area contributed by atoms with Gasteiger partial charge in [-0.25, -0.2) is 4.39 Å². The molecule has 2 rings (SSSR count). The Morgan fingerprint density at radius 3 is 2.27 bits per heavy atom. The van der Waals surface area contributed by atoms with Crippen molar-refractivity contribution in [1.82, 2.24) is 10.6 Å². The first-order valence-electron chi connectivity index (χ1n) is 8.45. The molecule has 0 atom stereocenters. The number of aryl methyl sites for hydroxylation is 1. The van der Waals surface area contributed by atoms with Gasteiger partial charge < -0.3 is 15.5 Å². The minimum atomic E-state index is -0.174. The van der Waals surface area contributed by atoms with Crippen molar-refractivity contribution >= 4 is 35.6 Å². The molecule has 0 aliphatic rings. The fourth-order valence-electron chi connectivity index (χ4n) is 2.51. The van der Waals surface area contributed by atoms with Crippen molar-refractivity contribution in [3.8, 4) is 0 Å². The Morgan fingerprint density at radius 2 is 1.69 bits per heavy atom. The number of aliphatic imine (C=N–C) groups is 1. The normalized spacial score (nSPS) is 10.9. The smallest absolute Gasteiger partial charge is 0.191 e. The second-order valence-electron chi connectivity index (χ2n) is 6.25. The van der Waals surface area contributed by atoms with Gasteiger partial charge in [-0.15, -0.1) is 24.0 Å². The maximum absolute atomic E-state index is 13.3. The highest BCUT2D eigenvalue weighted by Crippen LogP contribution is 2.12. The Hall–Kier alpha value is -1.83. The molecule has 0 unspecified atom stereocenters. The lowest BCUT2D eigenvalue weighted by Crippen LogP contribution is -2.37. The van der Waals surface area contributed by atoms with Gasteiger partial charge in [-0.2, -0.15) is 0 Å². The third-order valence-electron chi connectivity index (χ3n) is 4.06. The summed E-state index contributed by atoms with van der Waals surface area (Å²) < 4.78 is 13.3. The van der Waals surface area contributed by atoms with E-state index in [-0.39, 0.29) is 29.8 Å². The Bertz CT molecular complexity index is 714. The summed E-state index contributed by atoms with van der Waals surface area (Å²) in [4.78, 5) is 6.31. The van der Waals surface area contributed by atoms with Gasteiger partial charge in [0.25, 0.3) is 0 Å². The fraction of sp³-hybridized carbons (Fsp3) is 0.350. The van der Waals surface area contributed by atoms with Gasteiger partial charge in [0.1, 0.15) is 5.82 Å². The third-order valence-corrected chi connectivity index (χ3v) is 4.06. The van der Waals surface area contributed by atoms with Gasteiger partial charge >= 0.3 is 0 Å². The number of halogens is 2. The van der Waals surface area contributed by atoms with Crippen molar-refractivity contribution in [2.24, 2.45) is 4.99 Å². The van der Waals surface area contributed by atoms with Crippen LogP contribution in [0.4, 0.5) is 10.1 Å². The second kappa shape index (κ2) is 11.0. The van der Waals surface area contributed by atoms with Crippen LogP contribution in [0.2, 0.25) is 0 Å². The van der Waals surface area contributed by atoms with E-state index in [1.807, 2.05) is 20.2 Å². The average molecular weight is 470 g/mol. The summed E-state index contributed by atoms with van der Waals surface area (Å²) in [5.41, 5.74) is 4.16. The molecule has 6 heteroatoms. The Kier molecular flexibility index (Phi) is 9.40. The summed E-state index contributed by atoms with van der Waals surface area (Å²) in [5, 5.41) is 6.56. The number of guanidine groups is 1. The molecule has 0 saturated carbocycles. The monoisotopic (exact) mass is 470 g/mol. The van der Waals surface area contributed by atoms with E-state index in [9.17, 15) is 4.39 Å². The quantitative estimate of drug-likeness (QED) is 0.384. The van der Waals surface area contributed by atoms with E-state index in [1.165, 1.54) is 17.3 Å². The summed E-state index contributed by atoms with van der Waals surface area (Å²) in [6.45, 7) is 3.18. The molecule has 0 fully saturated rings. The number of nitrogens with zero attached hydrogens (tertiary/aromatic N) is 2. The van der Waals surface area contributed by atoms with Crippen LogP contribution in [-0.2, 0) is 13.0 Å². The van der Waals surface area contributed by atoms with E-state index in [2.05, 4.69) is 44.8 Å². The molecule has 4 nitrogen and oxygen atoms in total. The zero-order valence-corrected chi connectivity index (χ0v) is 18.2. The molecule has 0 radical (unpaired) electrons. The van der Waals surface area contributed by atoms with Crippen molar-refractivity contribution in [3.05, 3.63) is 65.0 Å². The SMILES string of the molecule is CN=C(NCCc1ccc(N(C)C)cc1)NCc1ccc(F)c(C)c1.I. The Labute approximate surface area is 172 Å². The zero-order chi connectivity index (χ0) is 18.2. The summed E-state index contributed by atoms with van der Waals surface area (Å²) >= 11 is 0. The molecule has 2 aromatic carbocycles. The predicted octanol–water partition coefficient (Wildman–Crippen LogP) is 3.73. The zero-order valence-electron chi connectivity index (χ0n) is 15.8. The molecule has 2 aromatic rings. The molecule has 0 amide bonds. The highest BCUT2D eigenvalue weighted by atomic mass is 127. The van der Waals surface area contributed by atoms with Gasteiger partial charge in [-0.05, 0) is 48.2 Å². The standard InChI is InChI=1S/C20H27FN4.HI/c1-15-13-17(7-10-19(15)21)14-24-20(22-2)23-12-11-16-5-8-18(9-6-16)25(3)4;/h5-10,13H,11-12,14H2,1-4H3,(H2,22,23,24);1H. The van der Waals surface area contributed by atoms with Gasteiger partial charge in [0, 0.05) is 39.9 Å². The predicted molar refractivity (Wildman–Crippen MR) is 119 cm³/mol. The molecular weight excluding hydrogens is 442 g/mol. The summed E-state index contributed by atoms with van der Waals surface area (Å²) in [6.07, 6.45) is 0.921. The van der Waals surface area contributed by atoms with Crippen LogP contribution in [-0.4, -0.2) is 33.6 Å². The van der Waals surface area contributed by atoms with Gasteiger partial charge in [0.2, 0.25) is 0 Å². The molecule has 0 saturated heterocycles. The van der Waals surface area contributed by atoms with Crippen molar-refractivity contribution in [1.29, 1.82) is 0 Å². The Balaban J connectivity index is 0.00000338. The number of rotatable bonds is 6. The number of hydrogen-bond acceptors (Lipinski definition) is 2. The van der Waals surface area contributed by atoms with Crippen LogP contribution in [0.15, 0.2) is 47.5 Å². The van der Waals surface area contributed by atoms with Crippen molar-refractivity contribution in [3.63, 3.8) is 0 Å². The van der Waals surface area contributed by atoms with Crippen LogP contribution in [0.1, 0.15) is 16.7 Å². The van der Waals surface area contributed by atoms with Crippen molar-refractivity contribution in [2.45, 2.75) is 19.9 Å². The lowest BCUT2D eigenvalue weighted by Gasteiger charge is -2.14. The summed E-state index contributed by atoms with van der Waals surface area (Å²) in [7, 11) is 5.82. The number of anilines is 1. The largest absolute Gasteiger partial charge is 0.378 e. The lowest BCUT2D eigenvalue weighted by molar-refractivity contribution is 0.617.